The molecule has 0 radical (unpaired) electrons. The highest BCUT2D eigenvalue weighted by molar-refractivity contribution is 6.30. The zero-order valence-electron chi connectivity index (χ0n) is 14.2. The molecule has 0 saturated heterocycles. The number of hydrogen-bond donors (Lipinski definition) is 2. The summed E-state index contributed by atoms with van der Waals surface area (Å²) in [6.45, 7) is 0. The third-order valence-corrected chi connectivity index (χ3v) is 3.88. The van der Waals surface area contributed by atoms with Gasteiger partial charge in [-0.25, -0.2) is 0 Å². The van der Waals surface area contributed by atoms with Crippen molar-refractivity contribution >= 4 is 40.9 Å². The van der Waals surface area contributed by atoms with Gasteiger partial charge in [-0.05, 0) is 60.2 Å². The molecular formula is C21H16ClN3O2. The maximum Gasteiger partial charge on any atom is 0.257 e. The fourth-order valence-electron chi connectivity index (χ4n) is 2.27. The van der Waals surface area contributed by atoms with Gasteiger partial charge in [-0.15, -0.1) is 0 Å². The van der Waals surface area contributed by atoms with E-state index in [4.69, 9.17) is 11.6 Å². The summed E-state index contributed by atoms with van der Waals surface area (Å²) in [5.74, 6) is -0.497. The zero-order valence-corrected chi connectivity index (χ0v) is 15.0. The molecule has 5 nitrogen and oxygen atoms in total. The number of aromatic nitrogens is 1. The quantitative estimate of drug-likeness (QED) is 0.636. The van der Waals surface area contributed by atoms with E-state index in [0.29, 0.717) is 22.0 Å². The number of rotatable bonds is 5. The highest BCUT2D eigenvalue weighted by Crippen LogP contribution is 2.15. The second kappa shape index (κ2) is 8.78. The van der Waals surface area contributed by atoms with Crippen LogP contribution in [0.15, 0.2) is 79.1 Å². The molecular weight excluding hydrogens is 362 g/mol. The van der Waals surface area contributed by atoms with Gasteiger partial charge in [0.15, 0.2) is 0 Å². The Bertz CT molecular complexity index is 953. The van der Waals surface area contributed by atoms with Gasteiger partial charge >= 0.3 is 0 Å². The molecule has 0 fully saturated rings. The normalized spacial score (nSPS) is 10.6. The number of amides is 2. The first-order chi connectivity index (χ1) is 13.1. The first kappa shape index (κ1) is 18.4. The summed E-state index contributed by atoms with van der Waals surface area (Å²) in [5, 5.41) is 6.18. The Kier molecular flexibility index (Phi) is 5.97. The first-order valence-electron chi connectivity index (χ1n) is 8.16. The van der Waals surface area contributed by atoms with E-state index in [1.807, 2.05) is 12.1 Å². The lowest BCUT2D eigenvalue weighted by atomic mass is 10.2. The van der Waals surface area contributed by atoms with E-state index in [-0.39, 0.29) is 11.8 Å². The van der Waals surface area contributed by atoms with Crippen molar-refractivity contribution < 1.29 is 9.59 Å². The van der Waals surface area contributed by atoms with Crippen molar-refractivity contribution in [3.05, 3.63) is 95.3 Å². The molecule has 3 rings (SSSR count). The van der Waals surface area contributed by atoms with Crippen LogP contribution in [0.4, 0.5) is 11.4 Å². The predicted molar refractivity (Wildman–Crippen MR) is 108 cm³/mol. The van der Waals surface area contributed by atoms with Crippen molar-refractivity contribution in [3.8, 4) is 0 Å². The van der Waals surface area contributed by atoms with Crippen molar-refractivity contribution in [2.45, 2.75) is 0 Å². The number of pyridine rings is 1. The number of carbonyl (C=O) groups excluding carboxylic acids is 2. The van der Waals surface area contributed by atoms with E-state index in [2.05, 4.69) is 15.6 Å². The van der Waals surface area contributed by atoms with Gasteiger partial charge in [0.2, 0.25) is 5.91 Å². The lowest BCUT2D eigenvalue weighted by Crippen LogP contribution is -2.12. The van der Waals surface area contributed by atoms with Gasteiger partial charge in [0, 0.05) is 34.9 Å². The Hall–Kier alpha value is -3.44. The van der Waals surface area contributed by atoms with Crippen molar-refractivity contribution in [1.29, 1.82) is 0 Å². The van der Waals surface area contributed by atoms with E-state index >= 15 is 0 Å². The van der Waals surface area contributed by atoms with Gasteiger partial charge in [0.25, 0.3) is 5.91 Å². The number of benzene rings is 2. The third-order valence-electron chi connectivity index (χ3n) is 3.63. The van der Waals surface area contributed by atoms with Gasteiger partial charge in [-0.2, -0.15) is 0 Å². The molecule has 0 saturated carbocycles. The molecule has 3 aromatic rings. The Labute approximate surface area is 161 Å². The minimum atomic E-state index is -0.253. The summed E-state index contributed by atoms with van der Waals surface area (Å²) < 4.78 is 0. The molecule has 0 aliphatic carbocycles. The number of carbonyl (C=O) groups is 2. The fraction of sp³-hybridized carbons (Fsp3) is 0. The largest absolute Gasteiger partial charge is 0.323 e. The summed E-state index contributed by atoms with van der Waals surface area (Å²) in [6.07, 6.45) is 6.25. The lowest BCUT2D eigenvalue weighted by Gasteiger charge is -2.07. The number of halogens is 1. The summed E-state index contributed by atoms with van der Waals surface area (Å²) in [4.78, 5) is 28.0. The monoisotopic (exact) mass is 377 g/mol. The van der Waals surface area contributed by atoms with E-state index in [0.717, 1.165) is 5.56 Å². The molecule has 0 bridgehead atoms. The smallest absolute Gasteiger partial charge is 0.257 e. The lowest BCUT2D eigenvalue weighted by molar-refractivity contribution is -0.111. The average molecular weight is 378 g/mol. The minimum absolute atomic E-state index is 0.245. The van der Waals surface area contributed by atoms with Crippen LogP contribution in [0.2, 0.25) is 5.02 Å². The van der Waals surface area contributed by atoms with Gasteiger partial charge in [0.1, 0.15) is 0 Å². The zero-order chi connectivity index (χ0) is 19.1. The van der Waals surface area contributed by atoms with E-state index in [1.165, 1.54) is 12.3 Å². The molecule has 0 aliphatic rings. The second-order valence-electron chi connectivity index (χ2n) is 5.65. The Morgan fingerprint density at radius 3 is 2.19 bits per heavy atom. The predicted octanol–water partition coefficient (Wildman–Crippen LogP) is 4.64. The van der Waals surface area contributed by atoms with Gasteiger partial charge in [0.05, 0.1) is 5.56 Å². The van der Waals surface area contributed by atoms with Crippen molar-refractivity contribution in [3.63, 3.8) is 0 Å². The number of nitrogens with zero attached hydrogens (tertiary/aromatic N) is 1. The molecule has 6 heteroatoms. The molecule has 1 aromatic heterocycles. The topological polar surface area (TPSA) is 71.1 Å². The van der Waals surface area contributed by atoms with Gasteiger partial charge < -0.3 is 10.6 Å². The molecule has 2 aromatic carbocycles. The minimum Gasteiger partial charge on any atom is -0.323 e. The number of hydrogen-bond acceptors (Lipinski definition) is 3. The van der Waals surface area contributed by atoms with Crippen LogP contribution in [-0.4, -0.2) is 16.8 Å². The molecule has 2 N–H and O–H groups in total. The van der Waals surface area contributed by atoms with Crippen LogP contribution in [0.25, 0.3) is 6.08 Å². The van der Waals surface area contributed by atoms with E-state index in [1.54, 1.807) is 60.8 Å². The van der Waals surface area contributed by atoms with Gasteiger partial charge in [-0.3, -0.25) is 14.6 Å². The summed E-state index contributed by atoms with van der Waals surface area (Å²) in [7, 11) is 0. The Morgan fingerprint density at radius 2 is 1.56 bits per heavy atom. The first-order valence-corrected chi connectivity index (χ1v) is 8.54. The van der Waals surface area contributed by atoms with Crippen LogP contribution in [0, 0.1) is 0 Å². The Morgan fingerprint density at radius 1 is 0.889 bits per heavy atom. The number of nitrogens with one attached hydrogen (secondary N) is 2. The maximum atomic E-state index is 12.1. The third kappa shape index (κ3) is 5.52. The fourth-order valence-corrected chi connectivity index (χ4v) is 2.39. The molecule has 0 aliphatic heterocycles. The maximum absolute atomic E-state index is 12.1. The molecule has 1 heterocycles. The second-order valence-corrected chi connectivity index (χ2v) is 6.08. The highest BCUT2D eigenvalue weighted by Gasteiger charge is 2.06. The van der Waals surface area contributed by atoms with Crippen LogP contribution in [0.3, 0.4) is 0 Å². The molecule has 27 heavy (non-hydrogen) atoms. The van der Waals surface area contributed by atoms with Crippen LogP contribution >= 0.6 is 11.6 Å². The SMILES string of the molecule is O=C(/C=C/c1ccc(Cl)cc1)Nc1ccc(NC(=O)c2cccnc2)cc1. The highest BCUT2D eigenvalue weighted by atomic mass is 35.5. The van der Waals surface area contributed by atoms with Gasteiger partial charge in [-0.1, -0.05) is 23.7 Å². The molecule has 0 unspecified atom stereocenters. The summed E-state index contributed by atoms with van der Waals surface area (Å²) in [6, 6.07) is 17.4. The summed E-state index contributed by atoms with van der Waals surface area (Å²) >= 11 is 5.83. The van der Waals surface area contributed by atoms with Crippen molar-refractivity contribution in [2.75, 3.05) is 10.6 Å². The Balaban J connectivity index is 1.56. The molecule has 134 valence electrons. The van der Waals surface area contributed by atoms with Crippen LogP contribution in [-0.2, 0) is 4.79 Å². The number of anilines is 2. The van der Waals surface area contributed by atoms with E-state index < -0.39 is 0 Å². The average Bonchev–Trinajstić information content (AvgIpc) is 2.70. The summed E-state index contributed by atoms with van der Waals surface area (Å²) in [5.41, 5.74) is 2.60. The van der Waals surface area contributed by atoms with Crippen LogP contribution < -0.4 is 10.6 Å². The van der Waals surface area contributed by atoms with Crippen LogP contribution in [0.5, 0.6) is 0 Å². The van der Waals surface area contributed by atoms with Crippen LogP contribution in [0.1, 0.15) is 15.9 Å². The molecule has 2 amide bonds. The van der Waals surface area contributed by atoms with E-state index in [9.17, 15) is 9.59 Å². The molecule has 0 spiro atoms. The standard InChI is InChI=1S/C21H16ClN3O2/c22-17-6-3-15(4-7-17)5-12-20(26)24-18-8-10-19(11-9-18)25-21(27)16-2-1-13-23-14-16/h1-14H,(H,24,26)(H,25,27)/b12-5+. The van der Waals surface area contributed by atoms with Crippen molar-refractivity contribution in [2.24, 2.45) is 0 Å². The molecule has 0 atom stereocenters. The van der Waals surface area contributed by atoms with Crippen molar-refractivity contribution in [1.82, 2.24) is 4.98 Å².